The Labute approximate surface area is 95.4 Å². The summed E-state index contributed by atoms with van der Waals surface area (Å²) in [5.41, 5.74) is 6.41. The Morgan fingerprint density at radius 1 is 1.56 bits per heavy atom. The quantitative estimate of drug-likeness (QED) is 0.694. The molecule has 0 fully saturated rings. The third-order valence-electron chi connectivity index (χ3n) is 1.91. The number of pyridine rings is 1. The molecule has 1 aromatic heterocycles. The number of aromatic nitrogens is 1. The molecule has 0 aromatic carbocycles. The third kappa shape index (κ3) is 4.63. The van der Waals surface area contributed by atoms with Crippen LogP contribution in [-0.2, 0) is 4.79 Å². The van der Waals surface area contributed by atoms with Gasteiger partial charge in [0.05, 0.1) is 0 Å². The van der Waals surface area contributed by atoms with Crippen molar-refractivity contribution < 1.29 is 4.79 Å². The largest absolute Gasteiger partial charge is 0.384 e. The molecule has 0 bridgehead atoms. The molecule has 0 aliphatic carbocycles. The lowest BCUT2D eigenvalue weighted by Crippen LogP contribution is -2.31. The maximum atomic E-state index is 11.3. The molecule has 5 heteroatoms. The van der Waals surface area contributed by atoms with E-state index in [0.29, 0.717) is 18.8 Å². The van der Waals surface area contributed by atoms with E-state index in [0.717, 1.165) is 5.69 Å². The van der Waals surface area contributed by atoms with E-state index in [9.17, 15) is 4.79 Å². The van der Waals surface area contributed by atoms with Crippen LogP contribution in [0.2, 0.25) is 0 Å². The Kier molecular flexibility index (Phi) is 4.57. The van der Waals surface area contributed by atoms with Crippen molar-refractivity contribution in [2.45, 2.75) is 26.3 Å². The molecule has 5 nitrogen and oxygen atoms in total. The fraction of sp³-hybridized carbons (Fsp3) is 0.455. The number of amides is 1. The fourth-order valence-electron chi connectivity index (χ4n) is 1.27. The molecular weight excluding hydrogens is 204 g/mol. The van der Waals surface area contributed by atoms with Gasteiger partial charge in [-0.25, -0.2) is 4.98 Å². The van der Waals surface area contributed by atoms with Crippen molar-refractivity contribution in [2.24, 2.45) is 0 Å². The Balaban J connectivity index is 2.28. The van der Waals surface area contributed by atoms with Gasteiger partial charge in [-0.15, -0.1) is 0 Å². The van der Waals surface area contributed by atoms with Crippen LogP contribution in [0.15, 0.2) is 18.3 Å². The van der Waals surface area contributed by atoms with Gasteiger partial charge < -0.3 is 16.4 Å². The van der Waals surface area contributed by atoms with Crippen molar-refractivity contribution in [3.05, 3.63) is 18.3 Å². The molecule has 0 unspecified atom stereocenters. The molecule has 0 spiro atoms. The summed E-state index contributed by atoms with van der Waals surface area (Å²) in [5.74, 6) is 0.515. The second-order valence-corrected chi connectivity index (χ2v) is 3.87. The van der Waals surface area contributed by atoms with Crippen LogP contribution >= 0.6 is 0 Å². The summed E-state index contributed by atoms with van der Waals surface area (Å²) in [6.45, 7) is 4.46. The first-order valence-corrected chi connectivity index (χ1v) is 5.32. The number of anilines is 2. The summed E-state index contributed by atoms with van der Waals surface area (Å²) in [7, 11) is 0. The molecule has 88 valence electrons. The second-order valence-electron chi connectivity index (χ2n) is 3.87. The number of carbonyl (C=O) groups is 1. The molecule has 0 aliphatic heterocycles. The van der Waals surface area contributed by atoms with Crippen LogP contribution in [0.1, 0.15) is 20.3 Å². The average molecular weight is 222 g/mol. The van der Waals surface area contributed by atoms with E-state index in [2.05, 4.69) is 15.6 Å². The maximum absolute atomic E-state index is 11.3. The van der Waals surface area contributed by atoms with Crippen molar-refractivity contribution in [1.82, 2.24) is 10.3 Å². The van der Waals surface area contributed by atoms with E-state index in [1.54, 1.807) is 12.3 Å². The van der Waals surface area contributed by atoms with Gasteiger partial charge in [-0.3, -0.25) is 4.79 Å². The second kappa shape index (κ2) is 5.95. The van der Waals surface area contributed by atoms with Crippen LogP contribution in [0.5, 0.6) is 0 Å². The first kappa shape index (κ1) is 12.3. The van der Waals surface area contributed by atoms with Crippen molar-refractivity contribution in [1.29, 1.82) is 0 Å². The Morgan fingerprint density at radius 3 is 2.94 bits per heavy atom. The zero-order valence-corrected chi connectivity index (χ0v) is 9.66. The number of nitrogen functional groups attached to an aromatic ring is 1. The van der Waals surface area contributed by atoms with Gasteiger partial charge in [0.1, 0.15) is 5.82 Å². The molecule has 0 radical (unpaired) electrons. The first-order valence-electron chi connectivity index (χ1n) is 5.32. The van der Waals surface area contributed by atoms with Gasteiger partial charge >= 0.3 is 0 Å². The molecule has 1 heterocycles. The van der Waals surface area contributed by atoms with E-state index in [-0.39, 0.29) is 11.9 Å². The van der Waals surface area contributed by atoms with E-state index < -0.39 is 0 Å². The van der Waals surface area contributed by atoms with E-state index in [1.165, 1.54) is 0 Å². The first-order chi connectivity index (χ1) is 7.58. The van der Waals surface area contributed by atoms with Crippen LogP contribution in [0.25, 0.3) is 0 Å². The van der Waals surface area contributed by atoms with Crippen LogP contribution in [-0.4, -0.2) is 23.5 Å². The zero-order valence-electron chi connectivity index (χ0n) is 9.66. The van der Waals surface area contributed by atoms with Crippen LogP contribution in [0.3, 0.4) is 0 Å². The van der Waals surface area contributed by atoms with Crippen LogP contribution in [0, 0.1) is 0 Å². The number of hydrogen-bond acceptors (Lipinski definition) is 4. The highest BCUT2D eigenvalue weighted by molar-refractivity contribution is 5.76. The minimum Gasteiger partial charge on any atom is -0.384 e. The van der Waals surface area contributed by atoms with Crippen molar-refractivity contribution >= 4 is 17.4 Å². The summed E-state index contributed by atoms with van der Waals surface area (Å²) in [6.07, 6.45) is 2.08. The molecule has 16 heavy (non-hydrogen) atoms. The van der Waals surface area contributed by atoms with Gasteiger partial charge in [0.15, 0.2) is 0 Å². The number of carbonyl (C=O) groups excluding carboxylic acids is 1. The normalized spacial score (nSPS) is 10.2. The predicted molar refractivity (Wildman–Crippen MR) is 65.0 cm³/mol. The van der Waals surface area contributed by atoms with Crippen molar-refractivity contribution in [3.8, 4) is 0 Å². The van der Waals surface area contributed by atoms with Gasteiger partial charge in [-0.05, 0) is 19.9 Å². The predicted octanol–water partition coefficient (Wildman–Crippen LogP) is 0.990. The molecule has 0 saturated heterocycles. The number of hydrogen-bond donors (Lipinski definition) is 3. The van der Waals surface area contributed by atoms with Gasteiger partial charge in [0.25, 0.3) is 0 Å². The van der Waals surface area contributed by atoms with Gasteiger partial charge in [-0.2, -0.15) is 0 Å². The zero-order chi connectivity index (χ0) is 12.0. The monoisotopic (exact) mass is 222 g/mol. The average Bonchev–Trinajstić information content (AvgIpc) is 2.16. The number of nitrogens with one attached hydrogen (secondary N) is 2. The van der Waals surface area contributed by atoms with Gasteiger partial charge in [-0.1, -0.05) is 0 Å². The van der Waals surface area contributed by atoms with Gasteiger partial charge in [0, 0.05) is 37.0 Å². The van der Waals surface area contributed by atoms with E-state index in [1.807, 2.05) is 19.9 Å². The molecule has 0 saturated carbocycles. The Bertz CT molecular complexity index is 352. The standard InChI is InChI=1S/C11H18N4O/c1-8(2)15-11(16)4-6-13-9-3-5-14-10(12)7-9/h3,5,7-8H,4,6H2,1-2H3,(H,15,16)(H3,12,13,14). The van der Waals surface area contributed by atoms with Crippen LogP contribution in [0.4, 0.5) is 11.5 Å². The smallest absolute Gasteiger partial charge is 0.221 e. The number of rotatable bonds is 5. The topological polar surface area (TPSA) is 80.0 Å². The van der Waals surface area contributed by atoms with E-state index >= 15 is 0 Å². The Morgan fingerprint density at radius 2 is 2.31 bits per heavy atom. The highest BCUT2D eigenvalue weighted by atomic mass is 16.1. The fourth-order valence-corrected chi connectivity index (χ4v) is 1.27. The summed E-state index contributed by atoms with van der Waals surface area (Å²) in [5, 5.41) is 5.93. The number of nitrogens with zero attached hydrogens (tertiary/aromatic N) is 1. The summed E-state index contributed by atoms with van der Waals surface area (Å²) in [4.78, 5) is 15.2. The minimum absolute atomic E-state index is 0.0459. The summed E-state index contributed by atoms with van der Waals surface area (Å²) < 4.78 is 0. The molecule has 1 rings (SSSR count). The maximum Gasteiger partial charge on any atom is 0.221 e. The molecule has 1 aromatic rings. The van der Waals surface area contributed by atoms with Crippen molar-refractivity contribution in [2.75, 3.05) is 17.6 Å². The lowest BCUT2D eigenvalue weighted by Gasteiger charge is -2.09. The summed E-state index contributed by atoms with van der Waals surface area (Å²) >= 11 is 0. The van der Waals surface area contributed by atoms with Crippen LogP contribution < -0.4 is 16.4 Å². The lowest BCUT2D eigenvalue weighted by atomic mass is 10.3. The molecule has 0 aliphatic rings. The van der Waals surface area contributed by atoms with E-state index in [4.69, 9.17) is 5.73 Å². The highest BCUT2D eigenvalue weighted by Gasteiger charge is 2.02. The molecular formula is C11H18N4O. The van der Waals surface area contributed by atoms with Crippen molar-refractivity contribution in [3.63, 3.8) is 0 Å². The van der Waals surface area contributed by atoms with Gasteiger partial charge in [0.2, 0.25) is 5.91 Å². The lowest BCUT2D eigenvalue weighted by molar-refractivity contribution is -0.121. The minimum atomic E-state index is 0.0459. The SMILES string of the molecule is CC(C)NC(=O)CCNc1ccnc(N)c1. The molecule has 4 N–H and O–H groups in total. The molecule has 1 amide bonds. The number of nitrogens with two attached hydrogens (primary N) is 1. The third-order valence-corrected chi connectivity index (χ3v) is 1.91. The Hall–Kier alpha value is -1.78. The summed E-state index contributed by atoms with van der Waals surface area (Å²) in [6, 6.07) is 3.74. The molecule has 0 atom stereocenters. The highest BCUT2D eigenvalue weighted by Crippen LogP contribution is 2.08.